The van der Waals surface area contributed by atoms with Crippen molar-refractivity contribution >= 4 is 21.1 Å². The molecular weight excluding hydrogens is 399 g/mol. The van der Waals surface area contributed by atoms with Gasteiger partial charge in [-0.05, 0) is 48.4 Å². The number of aromatic nitrogens is 3. The van der Waals surface area contributed by atoms with Gasteiger partial charge in [0.1, 0.15) is 17.6 Å². The van der Waals surface area contributed by atoms with E-state index < -0.39 is 15.8 Å². The normalized spacial score (nSPS) is 15.5. The highest BCUT2D eigenvalue weighted by Gasteiger charge is 2.26. The summed E-state index contributed by atoms with van der Waals surface area (Å²) in [6.07, 6.45) is 2.78. The highest BCUT2D eigenvalue weighted by molar-refractivity contribution is 7.89. The van der Waals surface area contributed by atoms with Gasteiger partial charge in [-0.25, -0.2) is 12.8 Å². The number of hydrogen-bond acceptors (Lipinski definition) is 6. The van der Waals surface area contributed by atoms with Crippen molar-refractivity contribution in [3.8, 4) is 5.75 Å². The van der Waals surface area contributed by atoms with Gasteiger partial charge in [-0.2, -0.15) is 4.31 Å². The van der Waals surface area contributed by atoms with E-state index in [9.17, 15) is 12.8 Å². The summed E-state index contributed by atoms with van der Waals surface area (Å²) in [5, 5.41) is 7.88. The molecule has 0 spiro atoms. The summed E-state index contributed by atoms with van der Waals surface area (Å²) in [6, 6.07) is 10.7. The van der Waals surface area contributed by atoms with Crippen LogP contribution >= 0.6 is 0 Å². The Balaban J connectivity index is 1.46. The van der Waals surface area contributed by atoms with Gasteiger partial charge in [-0.3, -0.25) is 0 Å². The van der Waals surface area contributed by atoms with Crippen molar-refractivity contribution in [2.75, 3.05) is 26.3 Å². The molecule has 2 aromatic carbocycles. The van der Waals surface area contributed by atoms with Gasteiger partial charge < -0.3 is 9.57 Å². The highest BCUT2D eigenvalue weighted by Crippen LogP contribution is 2.23. The van der Waals surface area contributed by atoms with Crippen LogP contribution in [0.25, 0.3) is 11.0 Å². The number of ether oxygens (including phenoxy) is 1. The lowest BCUT2D eigenvalue weighted by Crippen LogP contribution is -2.35. The van der Waals surface area contributed by atoms with E-state index in [0.717, 1.165) is 24.1 Å². The number of halogens is 1. The molecule has 0 N–H and O–H groups in total. The molecular formula is C19H21FN4O4S. The average molecular weight is 420 g/mol. The SMILES string of the molecule is O=S(=O)(c1ccc2nnn(OCCOc3ccccc3F)c2c1)N1CCCCC1. The molecule has 0 radical (unpaired) electrons. The first-order chi connectivity index (χ1) is 14.1. The van der Waals surface area contributed by atoms with Gasteiger partial charge in [0.05, 0.1) is 4.90 Å². The minimum absolute atomic E-state index is 0.0793. The second kappa shape index (κ2) is 8.34. The van der Waals surface area contributed by atoms with Gasteiger partial charge in [-0.1, -0.05) is 23.4 Å². The van der Waals surface area contributed by atoms with Crippen LogP contribution in [0.2, 0.25) is 0 Å². The summed E-state index contributed by atoms with van der Waals surface area (Å²) in [6.45, 7) is 1.23. The van der Waals surface area contributed by atoms with Crippen LogP contribution in [0, 0.1) is 5.82 Å². The summed E-state index contributed by atoms with van der Waals surface area (Å²) in [5.41, 5.74) is 0.951. The smallest absolute Gasteiger partial charge is 0.243 e. The van der Waals surface area contributed by atoms with Gasteiger partial charge >= 0.3 is 0 Å². The third-order valence-electron chi connectivity index (χ3n) is 4.73. The Hall–Kier alpha value is -2.72. The molecule has 1 aromatic heterocycles. The summed E-state index contributed by atoms with van der Waals surface area (Å²) in [5.74, 6) is -0.319. The summed E-state index contributed by atoms with van der Waals surface area (Å²) in [4.78, 5) is 6.87. The van der Waals surface area contributed by atoms with E-state index in [0.29, 0.717) is 24.1 Å². The number of piperidine rings is 1. The fourth-order valence-electron chi connectivity index (χ4n) is 3.23. The van der Waals surface area contributed by atoms with Crippen molar-refractivity contribution in [2.24, 2.45) is 0 Å². The topological polar surface area (TPSA) is 86.5 Å². The van der Waals surface area contributed by atoms with E-state index >= 15 is 0 Å². The number of sulfonamides is 1. The Kier molecular flexibility index (Phi) is 5.63. The molecule has 1 aliphatic rings. The number of para-hydroxylation sites is 1. The maximum absolute atomic E-state index is 13.6. The van der Waals surface area contributed by atoms with Crippen molar-refractivity contribution in [1.29, 1.82) is 0 Å². The van der Waals surface area contributed by atoms with Crippen molar-refractivity contribution in [2.45, 2.75) is 24.2 Å². The molecule has 1 fully saturated rings. The van der Waals surface area contributed by atoms with E-state index in [4.69, 9.17) is 9.57 Å². The fraction of sp³-hybridized carbons (Fsp3) is 0.368. The predicted octanol–water partition coefficient (Wildman–Crippen LogP) is 2.25. The highest BCUT2D eigenvalue weighted by atomic mass is 32.2. The minimum atomic E-state index is -3.57. The molecule has 1 aliphatic heterocycles. The Bertz CT molecular complexity index is 1100. The van der Waals surface area contributed by atoms with Gasteiger partial charge in [0, 0.05) is 13.1 Å². The number of rotatable bonds is 7. The zero-order valence-corrected chi connectivity index (χ0v) is 16.5. The molecule has 10 heteroatoms. The summed E-state index contributed by atoms with van der Waals surface area (Å²) < 4.78 is 46.2. The van der Waals surface area contributed by atoms with E-state index in [1.165, 1.54) is 28.6 Å². The van der Waals surface area contributed by atoms with Crippen LogP contribution in [0.1, 0.15) is 19.3 Å². The molecule has 0 atom stereocenters. The number of benzene rings is 2. The van der Waals surface area contributed by atoms with Gasteiger partial charge in [-0.15, -0.1) is 5.10 Å². The van der Waals surface area contributed by atoms with Crippen molar-refractivity contribution in [3.63, 3.8) is 0 Å². The van der Waals surface area contributed by atoms with Crippen LogP contribution in [-0.2, 0) is 10.0 Å². The third-order valence-corrected chi connectivity index (χ3v) is 6.63. The molecule has 0 aliphatic carbocycles. The van der Waals surface area contributed by atoms with Crippen LogP contribution in [0.15, 0.2) is 47.4 Å². The molecule has 2 heterocycles. The lowest BCUT2D eigenvalue weighted by molar-refractivity contribution is 0.0631. The molecule has 0 saturated carbocycles. The minimum Gasteiger partial charge on any atom is -0.487 e. The van der Waals surface area contributed by atoms with Crippen LogP contribution in [0.5, 0.6) is 5.75 Å². The van der Waals surface area contributed by atoms with Crippen LogP contribution < -0.4 is 9.57 Å². The second-order valence-electron chi connectivity index (χ2n) is 6.69. The van der Waals surface area contributed by atoms with Crippen molar-refractivity contribution in [3.05, 3.63) is 48.3 Å². The second-order valence-corrected chi connectivity index (χ2v) is 8.63. The van der Waals surface area contributed by atoms with Gasteiger partial charge in [0.15, 0.2) is 18.2 Å². The molecule has 8 nitrogen and oxygen atoms in total. The van der Waals surface area contributed by atoms with Crippen LogP contribution in [0.3, 0.4) is 0 Å². The number of fused-ring (bicyclic) bond motifs is 1. The number of nitrogens with zero attached hydrogens (tertiary/aromatic N) is 4. The van der Waals surface area contributed by atoms with Crippen molar-refractivity contribution in [1.82, 2.24) is 19.5 Å². The van der Waals surface area contributed by atoms with Gasteiger partial charge in [0.25, 0.3) is 0 Å². The lowest BCUT2D eigenvalue weighted by Gasteiger charge is -2.25. The lowest BCUT2D eigenvalue weighted by atomic mass is 10.2. The molecule has 0 bridgehead atoms. The average Bonchev–Trinajstić information content (AvgIpc) is 3.15. The first kappa shape index (κ1) is 19.6. The molecule has 1 saturated heterocycles. The standard InChI is InChI=1S/C19H21FN4O4S/c20-16-6-2-3-7-19(16)27-12-13-28-24-18-14-15(8-9-17(18)21-22-24)29(25,26)23-10-4-1-5-11-23/h2-3,6-9,14H,1,4-5,10-13H2. The third kappa shape index (κ3) is 4.18. The summed E-state index contributed by atoms with van der Waals surface area (Å²) >= 11 is 0. The molecule has 4 rings (SSSR count). The largest absolute Gasteiger partial charge is 0.487 e. The molecule has 3 aromatic rings. The fourth-order valence-corrected chi connectivity index (χ4v) is 4.76. The van der Waals surface area contributed by atoms with Gasteiger partial charge in [0.2, 0.25) is 10.0 Å². The van der Waals surface area contributed by atoms with E-state index in [1.807, 2.05) is 0 Å². The monoisotopic (exact) mass is 420 g/mol. The molecule has 0 amide bonds. The van der Waals surface area contributed by atoms with Crippen molar-refractivity contribution < 1.29 is 22.4 Å². The summed E-state index contributed by atoms with van der Waals surface area (Å²) in [7, 11) is -3.57. The predicted molar refractivity (Wildman–Crippen MR) is 103 cm³/mol. The molecule has 29 heavy (non-hydrogen) atoms. The Labute approximate surface area is 167 Å². The van der Waals surface area contributed by atoms with Crippen LogP contribution in [-0.4, -0.2) is 54.2 Å². The Morgan fingerprint density at radius 3 is 2.62 bits per heavy atom. The first-order valence-corrected chi connectivity index (χ1v) is 10.9. The Morgan fingerprint density at radius 1 is 1.03 bits per heavy atom. The molecule has 0 unspecified atom stereocenters. The van der Waals surface area contributed by atoms with E-state index in [-0.39, 0.29) is 23.9 Å². The molecule has 154 valence electrons. The Morgan fingerprint density at radius 2 is 1.83 bits per heavy atom. The van der Waals surface area contributed by atoms with E-state index in [2.05, 4.69) is 10.3 Å². The maximum atomic E-state index is 13.6. The van der Waals surface area contributed by atoms with E-state index in [1.54, 1.807) is 18.2 Å². The number of hydrogen-bond donors (Lipinski definition) is 0. The van der Waals surface area contributed by atoms with Crippen LogP contribution in [0.4, 0.5) is 4.39 Å². The maximum Gasteiger partial charge on any atom is 0.243 e. The first-order valence-electron chi connectivity index (χ1n) is 9.42. The zero-order chi connectivity index (χ0) is 20.3. The zero-order valence-electron chi connectivity index (χ0n) is 15.7. The quantitative estimate of drug-likeness (QED) is 0.545.